The Morgan fingerprint density at radius 3 is 2.60 bits per heavy atom. The topological polar surface area (TPSA) is 72.8 Å². The van der Waals surface area contributed by atoms with Crippen molar-refractivity contribution in [3.05, 3.63) is 23.8 Å². The van der Waals surface area contributed by atoms with E-state index in [2.05, 4.69) is 9.44 Å². The number of oxime groups is 1. The van der Waals surface area contributed by atoms with E-state index in [1.807, 2.05) is 0 Å². The summed E-state index contributed by atoms with van der Waals surface area (Å²) in [6.07, 6.45) is 4.18. The quantitative estimate of drug-likeness (QED) is 0.530. The van der Waals surface area contributed by atoms with Crippen LogP contribution >= 0.6 is 0 Å². The highest BCUT2D eigenvalue weighted by Crippen LogP contribution is 2.06. The molecule has 0 heterocycles. The first-order chi connectivity index (χ1) is 6.94. The van der Waals surface area contributed by atoms with E-state index in [1.165, 1.54) is 25.2 Å². The molecular formula is C9H11NO4S. The summed E-state index contributed by atoms with van der Waals surface area (Å²) in [5.41, 5.74) is 0.804. The molecule has 0 atom stereocenters. The van der Waals surface area contributed by atoms with Crippen LogP contribution in [0.4, 0.5) is 0 Å². The van der Waals surface area contributed by atoms with E-state index < -0.39 is 10.1 Å². The van der Waals surface area contributed by atoms with E-state index in [0.29, 0.717) is 11.3 Å². The van der Waals surface area contributed by atoms with Gasteiger partial charge >= 0.3 is 10.1 Å². The number of hydrogen-bond acceptors (Lipinski definition) is 5. The molecule has 0 N–H and O–H groups in total. The van der Waals surface area contributed by atoms with E-state index in [0.717, 1.165) is 0 Å². The van der Waals surface area contributed by atoms with Crippen molar-refractivity contribution in [1.82, 2.24) is 0 Å². The molecule has 6 heteroatoms. The van der Waals surface area contributed by atoms with Gasteiger partial charge in [-0.05, 0) is 37.6 Å². The predicted molar refractivity (Wildman–Crippen MR) is 55.9 cm³/mol. The third-order valence-electron chi connectivity index (χ3n) is 1.77. The Labute approximate surface area is 88.2 Å². The molecule has 0 saturated carbocycles. The molecule has 0 aromatic heterocycles. The highest BCUT2D eigenvalue weighted by Gasteiger charge is 2.10. The summed E-state index contributed by atoms with van der Waals surface area (Å²) < 4.78 is 26.2. The van der Waals surface area contributed by atoms with Gasteiger partial charge in [0.05, 0.1) is 5.75 Å². The standard InChI is InChI=1S/C9H11NO4S/c1-3-15(12,13)14-10-8-4-5-9(11)7(2)6-8/h4-6H,3H2,1-2H3. The molecule has 0 unspecified atom stereocenters. The lowest BCUT2D eigenvalue weighted by atomic mass is 10.1. The highest BCUT2D eigenvalue weighted by molar-refractivity contribution is 7.86. The minimum Gasteiger partial charge on any atom is -0.290 e. The van der Waals surface area contributed by atoms with Crippen LogP contribution in [-0.4, -0.2) is 25.7 Å². The first-order valence-electron chi connectivity index (χ1n) is 4.34. The summed E-state index contributed by atoms with van der Waals surface area (Å²) in [7, 11) is -3.59. The van der Waals surface area contributed by atoms with Gasteiger partial charge in [-0.2, -0.15) is 8.42 Å². The van der Waals surface area contributed by atoms with E-state index in [1.54, 1.807) is 6.92 Å². The summed E-state index contributed by atoms with van der Waals surface area (Å²) in [5.74, 6) is -0.262. The van der Waals surface area contributed by atoms with Crippen LogP contribution in [0.15, 0.2) is 29.0 Å². The number of carbonyl (C=O) groups excluding carboxylic acids is 1. The van der Waals surface area contributed by atoms with Crippen LogP contribution in [0.5, 0.6) is 0 Å². The molecule has 0 amide bonds. The Balaban J connectivity index is 2.80. The van der Waals surface area contributed by atoms with Gasteiger partial charge in [0.1, 0.15) is 5.71 Å². The van der Waals surface area contributed by atoms with E-state index in [-0.39, 0.29) is 11.5 Å². The monoisotopic (exact) mass is 229 g/mol. The number of allylic oxidation sites excluding steroid dienone is 4. The maximum Gasteiger partial charge on any atom is 0.328 e. The lowest BCUT2D eigenvalue weighted by Crippen LogP contribution is -2.08. The lowest BCUT2D eigenvalue weighted by molar-refractivity contribution is -0.111. The average Bonchev–Trinajstić information content (AvgIpc) is 2.20. The maximum atomic E-state index is 11.0. The van der Waals surface area contributed by atoms with Crippen molar-refractivity contribution < 1.29 is 17.5 Å². The normalized spacial score (nSPS) is 19.2. The molecule has 82 valence electrons. The number of carbonyl (C=O) groups is 1. The van der Waals surface area contributed by atoms with Gasteiger partial charge in [-0.15, -0.1) is 0 Å². The van der Waals surface area contributed by atoms with Crippen molar-refractivity contribution in [1.29, 1.82) is 0 Å². The Kier molecular flexibility index (Phi) is 3.41. The molecule has 0 fully saturated rings. The van der Waals surface area contributed by atoms with Crippen molar-refractivity contribution in [2.24, 2.45) is 5.16 Å². The second-order valence-corrected chi connectivity index (χ2v) is 4.80. The van der Waals surface area contributed by atoms with Gasteiger partial charge in [0, 0.05) is 0 Å². The van der Waals surface area contributed by atoms with Gasteiger partial charge < -0.3 is 0 Å². The summed E-state index contributed by atoms with van der Waals surface area (Å²) in [6, 6.07) is 0. The molecule has 1 aliphatic carbocycles. The number of nitrogens with zero attached hydrogens (tertiary/aromatic N) is 1. The van der Waals surface area contributed by atoms with Gasteiger partial charge in [0.15, 0.2) is 5.78 Å². The van der Waals surface area contributed by atoms with E-state index in [4.69, 9.17) is 0 Å². The van der Waals surface area contributed by atoms with Gasteiger partial charge in [-0.1, -0.05) is 5.16 Å². The molecule has 1 rings (SSSR count). The Morgan fingerprint density at radius 1 is 1.40 bits per heavy atom. The van der Waals surface area contributed by atoms with Crippen molar-refractivity contribution in [3.8, 4) is 0 Å². The van der Waals surface area contributed by atoms with Crippen molar-refractivity contribution in [3.63, 3.8) is 0 Å². The van der Waals surface area contributed by atoms with E-state index in [9.17, 15) is 13.2 Å². The molecule has 5 nitrogen and oxygen atoms in total. The third kappa shape index (κ3) is 3.32. The molecule has 1 aliphatic rings. The molecule has 0 aromatic rings. The largest absolute Gasteiger partial charge is 0.328 e. The fraction of sp³-hybridized carbons (Fsp3) is 0.333. The smallest absolute Gasteiger partial charge is 0.290 e. The SMILES string of the molecule is CCS(=O)(=O)ON=C1C=CC(=O)C(C)=C1. The fourth-order valence-electron chi connectivity index (χ4n) is 0.843. The van der Waals surface area contributed by atoms with Crippen molar-refractivity contribution in [2.45, 2.75) is 13.8 Å². The van der Waals surface area contributed by atoms with Gasteiger partial charge in [-0.25, -0.2) is 0 Å². The number of hydrogen-bond donors (Lipinski definition) is 0. The van der Waals surface area contributed by atoms with Crippen molar-refractivity contribution in [2.75, 3.05) is 5.75 Å². The van der Waals surface area contributed by atoms with Crippen LogP contribution in [0, 0.1) is 0 Å². The Hall–Kier alpha value is -1.43. The van der Waals surface area contributed by atoms with Crippen LogP contribution in [0.3, 0.4) is 0 Å². The summed E-state index contributed by atoms with van der Waals surface area (Å²) >= 11 is 0. The van der Waals surface area contributed by atoms with Crippen LogP contribution in [-0.2, 0) is 19.2 Å². The molecular weight excluding hydrogens is 218 g/mol. The first-order valence-corrected chi connectivity index (χ1v) is 5.92. The molecule has 0 aromatic carbocycles. The molecule has 0 spiro atoms. The van der Waals surface area contributed by atoms with Gasteiger partial charge in [0.25, 0.3) is 0 Å². The lowest BCUT2D eigenvalue weighted by Gasteiger charge is -2.03. The Morgan fingerprint density at radius 2 is 2.07 bits per heavy atom. The first kappa shape index (κ1) is 11.6. The predicted octanol–water partition coefficient (Wildman–Crippen LogP) is 0.794. The van der Waals surface area contributed by atoms with Crippen LogP contribution in [0.2, 0.25) is 0 Å². The molecule has 0 radical (unpaired) electrons. The zero-order valence-corrected chi connectivity index (χ0v) is 9.24. The zero-order valence-electron chi connectivity index (χ0n) is 8.43. The van der Waals surface area contributed by atoms with Gasteiger partial charge in [0.2, 0.25) is 0 Å². The van der Waals surface area contributed by atoms with Crippen molar-refractivity contribution >= 4 is 21.6 Å². The minimum atomic E-state index is -3.59. The van der Waals surface area contributed by atoms with Crippen LogP contribution < -0.4 is 0 Å². The van der Waals surface area contributed by atoms with Crippen LogP contribution in [0.1, 0.15) is 13.8 Å². The maximum absolute atomic E-state index is 11.0. The zero-order chi connectivity index (χ0) is 11.5. The third-order valence-corrected chi connectivity index (χ3v) is 2.78. The summed E-state index contributed by atoms with van der Waals surface area (Å²) in [5, 5.41) is 3.42. The average molecular weight is 229 g/mol. The molecule has 0 aliphatic heterocycles. The number of ketones is 1. The summed E-state index contributed by atoms with van der Waals surface area (Å²) in [4.78, 5) is 11.0. The van der Waals surface area contributed by atoms with Gasteiger partial charge in [-0.3, -0.25) is 9.08 Å². The van der Waals surface area contributed by atoms with E-state index >= 15 is 0 Å². The Bertz CT molecular complexity index is 457. The fourth-order valence-corrected chi connectivity index (χ4v) is 1.15. The summed E-state index contributed by atoms with van der Waals surface area (Å²) in [6.45, 7) is 3.08. The second kappa shape index (κ2) is 4.39. The molecule has 15 heavy (non-hydrogen) atoms. The highest BCUT2D eigenvalue weighted by atomic mass is 32.2. The number of rotatable bonds is 3. The van der Waals surface area contributed by atoms with Crippen LogP contribution in [0.25, 0.3) is 0 Å². The second-order valence-electron chi connectivity index (χ2n) is 2.96. The molecule has 0 saturated heterocycles. The molecule has 0 bridgehead atoms. The minimum absolute atomic E-state index is 0.118.